The second kappa shape index (κ2) is 6.04. The fourth-order valence-corrected chi connectivity index (χ4v) is 2.76. The Morgan fingerprint density at radius 3 is 2.40 bits per heavy atom. The molecule has 0 aromatic heterocycles. The molecule has 0 aliphatic carbocycles. The number of nitrogens with zero attached hydrogens (tertiary/aromatic N) is 1. The van der Waals surface area contributed by atoms with E-state index < -0.39 is 11.7 Å². The average Bonchev–Trinajstić information content (AvgIpc) is 2.38. The quantitative estimate of drug-likeness (QED) is 0.917. The molecule has 1 aromatic rings. The van der Waals surface area contributed by atoms with Crippen LogP contribution < -0.4 is 10.2 Å². The number of alkyl halides is 3. The number of benzene rings is 1. The van der Waals surface area contributed by atoms with Gasteiger partial charge in [0.1, 0.15) is 0 Å². The monoisotopic (exact) mass is 286 g/mol. The molecule has 1 N–H and O–H groups in total. The third-order valence-corrected chi connectivity index (χ3v) is 3.86. The third-order valence-electron chi connectivity index (χ3n) is 3.86. The zero-order valence-corrected chi connectivity index (χ0v) is 11.9. The lowest BCUT2D eigenvalue weighted by molar-refractivity contribution is -0.137. The number of hydrogen-bond acceptors (Lipinski definition) is 2. The second-order valence-corrected chi connectivity index (χ2v) is 5.63. The molecule has 1 aliphatic heterocycles. The fraction of sp³-hybridized carbons (Fsp3) is 0.600. The van der Waals surface area contributed by atoms with E-state index in [1.165, 1.54) is 12.1 Å². The number of hydrogen-bond donors (Lipinski definition) is 1. The van der Waals surface area contributed by atoms with Crippen molar-refractivity contribution in [1.29, 1.82) is 0 Å². The molecule has 0 bridgehead atoms. The van der Waals surface area contributed by atoms with E-state index >= 15 is 0 Å². The van der Waals surface area contributed by atoms with E-state index in [4.69, 9.17) is 0 Å². The molecule has 1 aliphatic rings. The lowest BCUT2D eigenvalue weighted by atomic mass is 9.89. The summed E-state index contributed by atoms with van der Waals surface area (Å²) in [5.74, 6) is 0.471. The first kappa shape index (κ1) is 15.2. The molecule has 5 heteroatoms. The molecule has 1 aromatic carbocycles. The van der Waals surface area contributed by atoms with Crippen molar-refractivity contribution in [2.75, 3.05) is 32.1 Å². The minimum absolute atomic E-state index is 0.471. The van der Waals surface area contributed by atoms with Crippen LogP contribution in [0.1, 0.15) is 24.0 Å². The number of nitrogens with one attached hydrogen (secondary N) is 1. The average molecular weight is 286 g/mol. The van der Waals surface area contributed by atoms with Gasteiger partial charge in [-0.3, -0.25) is 0 Å². The van der Waals surface area contributed by atoms with Gasteiger partial charge in [0.25, 0.3) is 0 Å². The summed E-state index contributed by atoms with van der Waals surface area (Å²) in [4.78, 5) is 1.89. The van der Waals surface area contributed by atoms with E-state index in [-0.39, 0.29) is 0 Å². The smallest absolute Gasteiger partial charge is 0.377 e. The molecular formula is C15H21F3N2. The van der Waals surface area contributed by atoms with Crippen molar-refractivity contribution >= 4 is 5.69 Å². The van der Waals surface area contributed by atoms with E-state index in [2.05, 4.69) is 5.32 Å². The van der Waals surface area contributed by atoms with Crippen LogP contribution in [0.2, 0.25) is 0 Å². The Morgan fingerprint density at radius 1 is 1.20 bits per heavy atom. The summed E-state index contributed by atoms with van der Waals surface area (Å²) < 4.78 is 38.6. The van der Waals surface area contributed by atoms with Crippen LogP contribution in [0.5, 0.6) is 0 Å². The van der Waals surface area contributed by atoms with Gasteiger partial charge >= 0.3 is 6.18 Å². The molecule has 20 heavy (non-hydrogen) atoms. The van der Waals surface area contributed by atoms with E-state index in [1.54, 1.807) is 6.07 Å². The van der Waals surface area contributed by atoms with Crippen molar-refractivity contribution in [2.24, 2.45) is 5.92 Å². The van der Waals surface area contributed by atoms with E-state index in [1.807, 2.05) is 19.0 Å². The number of rotatable bonds is 3. The van der Waals surface area contributed by atoms with Crippen LogP contribution in [0.15, 0.2) is 18.2 Å². The van der Waals surface area contributed by atoms with Crippen LogP contribution in [-0.2, 0) is 12.6 Å². The van der Waals surface area contributed by atoms with Gasteiger partial charge in [-0.2, -0.15) is 13.2 Å². The van der Waals surface area contributed by atoms with E-state index in [9.17, 15) is 13.2 Å². The number of piperidine rings is 1. The van der Waals surface area contributed by atoms with Crippen molar-refractivity contribution in [3.63, 3.8) is 0 Å². The first-order chi connectivity index (χ1) is 9.38. The molecule has 0 amide bonds. The van der Waals surface area contributed by atoms with E-state index in [0.717, 1.165) is 43.6 Å². The highest BCUT2D eigenvalue weighted by Crippen LogP contribution is 2.34. The maximum atomic E-state index is 12.9. The van der Waals surface area contributed by atoms with Crippen LogP contribution in [0.25, 0.3) is 0 Å². The molecule has 0 atom stereocenters. The Labute approximate surface area is 118 Å². The Morgan fingerprint density at radius 2 is 1.85 bits per heavy atom. The summed E-state index contributed by atoms with van der Waals surface area (Å²) in [5.41, 5.74) is 1.14. The third kappa shape index (κ3) is 3.66. The molecule has 1 heterocycles. The predicted molar refractivity (Wildman–Crippen MR) is 75.1 cm³/mol. The molecule has 0 unspecified atom stereocenters. The van der Waals surface area contributed by atoms with E-state index in [0.29, 0.717) is 5.92 Å². The van der Waals surface area contributed by atoms with Crippen LogP contribution in [0.3, 0.4) is 0 Å². The molecule has 112 valence electrons. The van der Waals surface area contributed by atoms with Crippen molar-refractivity contribution in [2.45, 2.75) is 25.4 Å². The lowest BCUT2D eigenvalue weighted by Gasteiger charge is -2.26. The summed E-state index contributed by atoms with van der Waals surface area (Å²) in [5, 5.41) is 3.28. The maximum absolute atomic E-state index is 12.9. The molecule has 2 nitrogen and oxygen atoms in total. The summed E-state index contributed by atoms with van der Waals surface area (Å²) in [6.07, 6.45) is -1.49. The van der Waals surface area contributed by atoms with Gasteiger partial charge in [0.05, 0.1) is 5.56 Å². The Hall–Kier alpha value is -1.23. The fourth-order valence-electron chi connectivity index (χ4n) is 2.76. The summed E-state index contributed by atoms with van der Waals surface area (Å²) >= 11 is 0. The van der Waals surface area contributed by atoms with Crippen molar-refractivity contribution < 1.29 is 13.2 Å². The first-order valence-electron chi connectivity index (χ1n) is 6.96. The predicted octanol–water partition coefficient (Wildman–Crippen LogP) is 3.31. The summed E-state index contributed by atoms with van der Waals surface area (Å²) in [7, 11) is 3.74. The topological polar surface area (TPSA) is 15.3 Å². The van der Waals surface area contributed by atoms with Gasteiger partial charge in [0.15, 0.2) is 0 Å². The van der Waals surface area contributed by atoms with Crippen molar-refractivity contribution in [3.8, 4) is 0 Å². The van der Waals surface area contributed by atoms with Gasteiger partial charge in [-0.15, -0.1) is 0 Å². The largest absolute Gasteiger partial charge is 0.416 e. The van der Waals surface area contributed by atoms with Crippen LogP contribution >= 0.6 is 0 Å². The minimum atomic E-state index is -4.27. The molecule has 0 radical (unpaired) electrons. The van der Waals surface area contributed by atoms with Crippen LogP contribution in [0.4, 0.5) is 18.9 Å². The lowest BCUT2D eigenvalue weighted by Crippen LogP contribution is -2.29. The molecule has 1 fully saturated rings. The van der Waals surface area contributed by atoms with Gasteiger partial charge in [-0.25, -0.2) is 0 Å². The molecule has 0 saturated carbocycles. The van der Waals surface area contributed by atoms with Crippen molar-refractivity contribution in [1.82, 2.24) is 5.32 Å². The van der Waals surface area contributed by atoms with Crippen molar-refractivity contribution in [3.05, 3.63) is 29.3 Å². The zero-order chi connectivity index (χ0) is 14.8. The Bertz CT molecular complexity index is 449. The molecule has 1 saturated heterocycles. The first-order valence-corrected chi connectivity index (χ1v) is 6.96. The highest BCUT2D eigenvalue weighted by molar-refractivity contribution is 5.54. The molecular weight excluding hydrogens is 265 g/mol. The highest BCUT2D eigenvalue weighted by atomic mass is 19.4. The molecule has 0 spiro atoms. The minimum Gasteiger partial charge on any atom is -0.377 e. The highest BCUT2D eigenvalue weighted by Gasteiger charge is 2.31. The zero-order valence-electron chi connectivity index (χ0n) is 11.9. The molecule has 2 rings (SSSR count). The van der Waals surface area contributed by atoms with Crippen LogP contribution in [0, 0.1) is 5.92 Å². The SMILES string of the molecule is CN(C)c1ccc(C(F)(F)F)cc1CC1CCNCC1. The summed E-state index contributed by atoms with van der Waals surface area (Å²) in [6, 6.07) is 4.07. The normalized spacial score (nSPS) is 17.2. The van der Waals surface area contributed by atoms with Gasteiger partial charge in [-0.05, 0) is 62.0 Å². The maximum Gasteiger partial charge on any atom is 0.416 e. The van der Waals surface area contributed by atoms with Gasteiger partial charge in [-0.1, -0.05) is 0 Å². The summed E-state index contributed by atoms with van der Waals surface area (Å²) in [6.45, 7) is 1.92. The van der Waals surface area contributed by atoms with Gasteiger partial charge in [0.2, 0.25) is 0 Å². The second-order valence-electron chi connectivity index (χ2n) is 5.63. The van der Waals surface area contributed by atoms with Gasteiger partial charge in [0, 0.05) is 19.8 Å². The number of halogens is 3. The Balaban J connectivity index is 2.26. The Kier molecular flexibility index (Phi) is 4.58. The number of anilines is 1. The van der Waals surface area contributed by atoms with Crippen LogP contribution in [-0.4, -0.2) is 27.2 Å². The van der Waals surface area contributed by atoms with Gasteiger partial charge < -0.3 is 10.2 Å². The standard InChI is InChI=1S/C15H21F3N2/c1-20(2)14-4-3-13(15(16,17)18)10-12(14)9-11-5-7-19-8-6-11/h3-4,10-11,19H,5-9H2,1-2H3.